The average Bonchev–Trinajstić information content (AvgIpc) is 3.19. The van der Waals surface area contributed by atoms with Crippen LogP contribution in [0.2, 0.25) is 0 Å². The first-order valence-corrected chi connectivity index (χ1v) is 11.8. The highest BCUT2D eigenvalue weighted by Crippen LogP contribution is 2.33. The summed E-state index contributed by atoms with van der Waals surface area (Å²) in [5.41, 5.74) is 7.47. The van der Waals surface area contributed by atoms with E-state index in [1.54, 1.807) is 0 Å². The minimum Gasteiger partial charge on any atom is -0.298 e. The Morgan fingerprint density at radius 3 is 2.22 bits per heavy atom. The molecule has 1 aromatic carbocycles. The van der Waals surface area contributed by atoms with Crippen LogP contribution in [0.25, 0.3) is 28.3 Å². The third-order valence-corrected chi connectivity index (χ3v) is 5.43. The summed E-state index contributed by atoms with van der Waals surface area (Å²) >= 11 is 0. The molecule has 0 bridgehead atoms. The third-order valence-electron chi connectivity index (χ3n) is 5.43. The number of aromatic nitrogens is 4. The molecule has 0 aliphatic carbocycles. The lowest BCUT2D eigenvalue weighted by molar-refractivity contribution is 0.546. The van der Waals surface area contributed by atoms with Gasteiger partial charge in [-0.05, 0) is 42.2 Å². The number of nitrogens with zero attached hydrogens (tertiary/aromatic N) is 4. The summed E-state index contributed by atoms with van der Waals surface area (Å²) in [7, 11) is 0. The van der Waals surface area contributed by atoms with E-state index in [9.17, 15) is 0 Å². The minimum absolute atomic E-state index is 0.117. The monoisotopic (exact) mass is 428 g/mol. The Labute approximate surface area is 192 Å². The molecule has 0 aliphatic rings. The van der Waals surface area contributed by atoms with Gasteiger partial charge in [-0.25, -0.2) is 15.0 Å². The lowest BCUT2D eigenvalue weighted by atomic mass is 9.95. The summed E-state index contributed by atoms with van der Waals surface area (Å²) in [5, 5.41) is 0. The molecule has 0 saturated heterocycles. The van der Waals surface area contributed by atoms with Gasteiger partial charge in [-0.1, -0.05) is 79.2 Å². The van der Waals surface area contributed by atoms with Gasteiger partial charge in [0.05, 0.1) is 17.1 Å². The Kier molecular flexibility index (Phi) is 7.44. The molecule has 4 heteroatoms. The number of hydrogen-bond acceptors (Lipinski definition) is 3. The van der Waals surface area contributed by atoms with Crippen molar-refractivity contribution in [1.29, 1.82) is 0 Å². The molecule has 0 spiro atoms. The van der Waals surface area contributed by atoms with Crippen LogP contribution in [0.1, 0.15) is 71.8 Å². The van der Waals surface area contributed by atoms with Crippen LogP contribution in [0.15, 0.2) is 54.9 Å². The highest BCUT2D eigenvalue weighted by Gasteiger charge is 2.21. The molecule has 3 heterocycles. The van der Waals surface area contributed by atoms with Gasteiger partial charge < -0.3 is 0 Å². The van der Waals surface area contributed by atoms with Crippen LogP contribution in [-0.2, 0) is 18.3 Å². The molecule has 0 saturated carbocycles. The molecule has 0 aliphatic heterocycles. The molecule has 168 valence electrons. The van der Waals surface area contributed by atoms with Crippen LogP contribution in [0, 0.1) is 0 Å². The van der Waals surface area contributed by atoms with Gasteiger partial charge in [0.15, 0.2) is 0 Å². The molecule has 0 unspecified atom stereocenters. The van der Waals surface area contributed by atoms with Crippen molar-refractivity contribution in [3.05, 3.63) is 71.8 Å². The first-order chi connectivity index (χ1) is 15.4. The standard InChI is InChI=1S/C26H30N4.C2H6/c1-6-8-19-14-16-30-22(17-19)29-23(20-11-9-18(7-2)10-12-20)24(30)21-13-15-27-25(28-21)26(3,4)5;1-2/h9-17H,6-8H2,1-5H3;1-2H3. The molecule has 4 aromatic rings. The van der Waals surface area contributed by atoms with Gasteiger partial charge in [0.2, 0.25) is 0 Å². The molecule has 3 aromatic heterocycles. The van der Waals surface area contributed by atoms with Crippen LogP contribution < -0.4 is 0 Å². The lowest BCUT2D eigenvalue weighted by Gasteiger charge is -2.17. The van der Waals surface area contributed by atoms with Gasteiger partial charge in [0, 0.05) is 23.4 Å². The number of fused-ring (bicyclic) bond motifs is 1. The van der Waals surface area contributed by atoms with Gasteiger partial charge in [0.1, 0.15) is 11.5 Å². The fourth-order valence-corrected chi connectivity index (χ4v) is 3.73. The summed E-state index contributed by atoms with van der Waals surface area (Å²) in [6, 6.07) is 15.1. The van der Waals surface area contributed by atoms with Crippen molar-refractivity contribution < 1.29 is 0 Å². The van der Waals surface area contributed by atoms with Crippen molar-refractivity contribution in [2.45, 2.75) is 73.1 Å². The fraction of sp³-hybridized carbons (Fsp3) is 0.393. The first-order valence-electron chi connectivity index (χ1n) is 11.8. The molecular weight excluding hydrogens is 392 g/mol. The van der Waals surface area contributed by atoms with E-state index >= 15 is 0 Å². The molecule has 4 rings (SSSR count). The number of aryl methyl sites for hydroxylation is 2. The van der Waals surface area contributed by atoms with Crippen LogP contribution in [-0.4, -0.2) is 19.4 Å². The van der Waals surface area contributed by atoms with Gasteiger partial charge in [-0.2, -0.15) is 0 Å². The predicted octanol–water partition coefficient (Wildman–Crippen LogP) is 7.30. The summed E-state index contributed by atoms with van der Waals surface area (Å²) in [6.07, 6.45) is 7.19. The summed E-state index contributed by atoms with van der Waals surface area (Å²) < 4.78 is 2.16. The Morgan fingerprint density at radius 1 is 0.875 bits per heavy atom. The Hall–Kier alpha value is -3.01. The second-order valence-corrected chi connectivity index (χ2v) is 8.89. The maximum atomic E-state index is 5.05. The zero-order valence-electron chi connectivity index (χ0n) is 20.6. The minimum atomic E-state index is -0.117. The predicted molar refractivity (Wildman–Crippen MR) is 135 cm³/mol. The van der Waals surface area contributed by atoms with Crippen LogP contribution in [0.3, 0.4) is 0 Å². The number of pyridine rings is 1. The van der Waals surface area contributed by atoms with Crippen molar-refractivity contribution in [3.8, 4) is 22.6 Å². The Balaban J connectivity index is 0.00000141. The number of benzene rings is 1. The maximum Gasteiger partial charge on any atom is 0.138 e. The Bertz CT molecular complexity index is 1160. The van der Waals surface area contributed by atoms with Gasteiger partial charge >= 0.3 is 0 Å². The van der Waals surface area contributed by atoms with Crippen molar-refractivity contribution in [2.24, 2.45) is 0 Å². The third kappa shape index (κ3) is 4.90. The molecule has 32 heavy (non-hydrogen) atoms. The number of rotatable bonds is 5. The fourth-order valence-electron chi connectivity index (χ4n) is 3.73. The number of imidazole rings is 1. The van der Waals surface area contributed by atoms with E-state index in [2.05, 4.69) is 86.6 Å². The topological polar surface area (TPSA) is 43.1 Å². The van der Waals surface area contributed by atoms with Gasteiger partial charge in [0.25, 0.3) is 0 Å². The van der Waals surface area contributed by atoms with E-state index in [0.717, 1.165) is 53.4 Å². The normalized spacial score (nSPS) is 11.3. The van der Waals surface area contributed by atoms with E-state index in [4.69, 9.17) is 9.97 Å². The quantitative estimate of drug-likeness (QED) is 0.335. The second kappa shape index (κ2) is 10.1. The van der Waals surface area contributed by atoms with Crippen LogP contribution in [0.4, 0.5) is 0 Å². The summed E-state index contributed by atoms with van der Waals surface area (Å²) in [5.74, 6) is 0.838. The molecule has 4 nitrogen and oxygen atoms in total. The average molecular weight is 429 g/mol. The van der Waals surface area contributed by atoms with Crippen molar-refractivity contribution in [2.75, 3.05) is 0 Å². The maximum absolute atomic E-state index is 5.05. The second-order valence-electron chi connectivity index (χ2n) is 8.89. The van der Waals surface area contributed by atoms with Crippen molar-refractivity contribution in [1.82, 2.24) is 19.4 Å². The molecule has 0 radical (unpaired) electrons. The summed E-state index contributed by atoms with van der Waals surface area (Å²) in [6.45, 7) is 14.8. The van der Waals surface area contributed by atoms with E-state index < -0.39 is 0 Å². The van der Waals surface area contributed by atoms with Crippen molar-refractivity contribution >= 4 is 5.65 Å². The zero-order valence-corrected chi connectivity index (χ0v) is 20.6. The smallest absolute Gasteiger partial charge is 0.138 e. The first kappa shape index (κ1) is 23.6. The lowest BCUT2D eigenvalue weighted by Crippen LogP contribution is -2.16. The molecule has 0 fully saturated rings. The molecule has 0 amide bonds. The highest BCUT2D eigenvalue weighted by atomic mass is 15.0. The van der Waals surface area contributed by atoms with Crippen LogP contribution >= 0.6 is 0 Å². The van der Waals surface area contributed by atoms with Crippen molar-refractivity contribution in [3.63, 3.8) is 0 Å². The Morgan fingerprint density at radius 2 is 1.59 bits per heavy atom. The molecule has 0 N–H and O–H groups in total. The van der Waals surface area contributed by atoms with Gasteiger partial charge in [-0.3, -0.25) is 4.40 Å². The number of hydrogen-bond donors (Lipinski definition) is 0. The van der Waals surface area contributed by atoms with Crippen LogP contribution in [0.5, 0.6) is 0 Å². The highest BCUT2D eigenvalue weighted by molar-refractivity contribution is 5.80. The van der Waals surface area contributed by atoms with E-state index in [1.165, 1.54) is 11.1 Å². The van der Waals surface area contributed by atoms with E-state index in [1.807, 2.05) is 26.1 Å². The van der Waals surface area contributed by atoms with E-state index in [-0.39, 0.29) is 5.41 Å². The SMILES string of the molecule is CC.CCCc1ccn2c(-c3ccnc(C(C)(C)C)n3)c(-c3ccc(CC)cc3)nc2c1. The molecule has 0 atom stereocenters. The van der Waals surface area contributed by atoms with Gasteiger partial charge in [-0.15, -0.1) is 0 Å². The molecular formula is C28H36N4. The van der Waals surface area contributed by atoms with E-state index in [0.29, 0.717) is 0 Å². The largest absolute Gasteiger partial charge is 0.298 e. The summed E-state index contributed by atoms with van der Waals surface area (Å²) in [4.78, 5) is 14.5. The zero-order chi connectivity index (χ0) is 23.3.